The third-order valence-electron chi connectivity index (χ3n) is 4.47. The number of anilines is 2. The van der Waals surface area contributed by atoms with Crippen LogP contribution in [0.3, 0.4) is 0 Å². The van der Waals surface area contributed by atoms with E-state index < -0.39 is 0 Å². The van der Waals surface area contributed by atoms with Crippen molar-refractivity contribution in [2.45, 2.75) is 20.3 Å². The minimum atomic E-state index is -0.351. The van der Waals surface area contributed by atoms with E-state index in [1.165, 1.54) is 6.92 Å². The molecule has 1 aliphatic carbocycles. The Kier molecular flexibility index (Phi) is 5.54. The number of hydrogen-bond donors (Lipinski definition) is 2. The summed E-state index contributed by atoms with van der Waals surface area (Å²) in [6.07, 6.45) is 0.514. The molecule has 6 nitrogen and oxygen atoms in total. The molecule has 2 N–H and O–H groups in total. The maximum atomic E-state index is 12.4. The van der Waals surface area contributed by atoms with Crippen LogP contribution in [-0.4, -0.2) is 24.2 Å². The molecule has 0 radical (unpaired) electrons. The van der Waals surface area contributed by atoms with Gasteiger partial charge in [-0.15, -0.1) is 0 Å². The van der Waals surface area contributed by atoms with Crippen LogP contribution in [0.25, 0.3) is 0 Å². The Bertz CT molecular complexity index is 861. The van der Waals surface area contributed by atoms with E-state index in [0.29, 0.717) is 35.7 Å². The van der Waals surface area contributed by atoms with Crippen molar-refractivity contribution in [1.29, 1.82) is 0 Å². The summed E-state index contributed by atoms with van der Waals surface area (Å²) in [6.45, 7) is 3.87. The molecule has 2 unspecified atom stereocenters. The van der Waals surface area contributed by atoms with Gasteiger partial charge in [-0.1, -0.05) is 12.1 Å². The summed E-state index contributed by atoms with van der Waals surface area (Å²) in [5, 5.41) is 5.64. The number of carbonyl (C=O) groups excluding carboxylic acids is 3. The van der Waals surface area contributed by atoms with Gasteiger partial charge in [0.1, 0.15) is 5.75 Å². The molecule has 6 heteroatoms. The van der Waals surface area contributed by atoms with E-state index in [0.717, 1.165) is 0 Å². The van der Waals surface area contributed by atoms with Gasteiger partial charge >= 0.3 is 0 Å². The highest BCUT2D eigenvalue weighted by Crippen LogP contribution is 2.40. The minimum absolute atomic E-state index is 0.0286. The lowest BCUT2D eigenvalue weighted by atomic mass is 10.1. The highest BCUT2D eigenvalue weighted by Gasteiger charge is 2.48. The van der Waals surface area contributed by atoms with Crippen molar-refractivity contribution in [2.24, 2.45) is 11.8 Å². The molecule has 0 spiro atoms. The summed E-state index contributed by atoms with van der Waals surface area (Å²) in [7, 11) is 0. The zero-order valence-corrected chi connectivity index (χ0v) is 15.3. The first kappa shape index (κ1) is 18.6. The van der Waals surface area contributed by atoms with Crippen LogP contribution >= 0.6 is 0 Å². The van der Waals surface area contributed by atoms with Gasteiger partial charge in [-0.25, -0.2) is 0 Å². The fraction of sp³-hybridized carbons (Fsp3) is 0.286. The van der Waals surface area contributed by atoms with E-state index in [9.17, 15) is 14.4 Å². The molecule has 140 valence electrons. The maximum absolute atomic E-state index is 12.4. The molecule has 0 bridgehead atoms. The monoisotopic (exact) mass is 366 g/mol. The number of amides is 2. The SMILES string of the molecule is CCOc1ccccc1NC(=O)C1CC1C(=O)Nc1ccc(C(C)=O)cc1. The van der Waals surface area contributed by atoms with Gasteiger partial charge in [0.15, 0.2) is 5.78 Å². The molecule has 0 heterocycles. The molecule has 0 aliphatic heterocycles. The molecule has 1 fully saturated rings. The van der Waals surface area contributed by atoms with Gasteiger partial charge in [0.2, 0.25) is 11.8 Å². The predicted molar refractivity (Wildman–Crippen MR) is 103 cm³/mol. The standard InChI is InChI=1S/C21H22N2O4/c1-3-27-19-7-5-4-6-18(19)23-21(26)17-12-16(17)20(25)22-15-10-8-14(9-11-15)13(2)24/h4-11,16-17H,3,12H2,1-2H3,(H,22,25)(H,23,26). The smallest absolute Gasteiger partial charge is 0.228 e. The molecular weight excluding hydrogens is 344 g/mol. The summed E-state index contributed by atoms with van der Waals surface area (Å²) < 4.78 is 5.50. The van der Waals surface area contributed by atoms with Crippen molar-refractivity contribution in [3.63, 3.8) is 0 Å². The molecule has 1 saturated carbocycles. The van der Waals surface area contributed by atoms with E-state index in [1.807, 2.05) is 19.1 Å². The first-order valence-electron chi connectivity index (χ1n) is 8.94. The Labute approximate surface area is 157 Å². The molecule has 27 heavy (non-hydrogen) atoms. The fourth-order valence-corrected chi connectivity index (χ4v) is 2.87. The van der Waals surface area contributed by atoms with Crippen LogP contribution in [0.5, 0.6) is 5.75 Å². The van der Waals surface area contributed by atoms with Crippen molar-refractivity contribution < 1.29 is 19.1 Å². The summed E-state index contributed by atoms with van der Waals surface area (Å²) in [4.78, 5) is 36.1. The van der Waals surface area contributed by atoms with Gasteiger partial charge in [0.05, 0.1) is 24.1 Å². The van der Waals surface area contributed by atoms with Crippen molar-refractivity contribution in [3.8, 4) is 5.75 Å². The number of ketones is 1. The van der Waals surface area contributed by atoms with Crippen molar-refractivity contribution in [1.82, 2.24) is 0 Å². The normalized spacial score (nSPS) is 17.7. The molecule has 2 atom stereocenters. The molecule has 0 saturated heterocycles. The molecule has 3 rings (SSSR count). The predicted octanol–water partition coefficient (Wildman–Crippen LogP) is 3.50. The number of rotatable bonds is 7. The number of benzene rings is 2. The average molecular weight is 366 g/mol. The van der Waals surface area contributed by atoms with Crippen LogP contribution in [0.2, 0.25) is 0 Å². The second kappa shape index (κ2) is 8.03. The van der Waals surface area contributed by atoms with Gasteiger partial charge in [-0.2, -0.15) is 0 Å². The Morgan fingerprint density at radius 2 is 1.59 bits per heavy atom. The van der Waals surface area contributed by atoms with Gasteiger partial charge in [-0.3, -0.25) is 14.4 Å². The summed E-state index contributed by atoms with van der Waals surface area (Å²) in [5.41, 5.74) is 1.80. The largest absolute Gasteiger partial charge is 0.492 e. The van der Waals surface area contributed by atoms with Gasteiger partial charge in [0, 0.05) is 11.3 Å². The van der Waals surface area contributed by atoms with Crippen molar-refractivity contribution in [2.75, 3.05) is 17.2 Å². The van der Waals surface area contributed by atoms with Gasteiger partial charge in [0.25, 0.3) is 0 Å². The zero-order valence-electron chi connectivity index (χ0n) is 15.3. The van der Waals surface area contributed by atoms with E-state index >= 15 is 0 Å². The molecule has 1 aliphatic rings. The quantitative estimate of drug-likeness (QED) is 0.735. The molecule has 0 aromatic heterocycles. The van der Waals surface area contributed by atoms with Crippen LogP contribution in [0, 0.1) is 11.8 Å². The van der Waals surface area contributed by atoms with Crippen LogP contribution in [-0.2, 0) is 9.59 Å². The Balaban J connectivity index is 1.56. The highest BCUT2D eigenvalue weighted by molar-refractivity contribution is 6.04. The minimum Gasteiger partial charge on any atom is -0.492 e. The van der Waals surface area contributed by atoms with Crippen LogP contribution in [0.4, 0.5) is 11.4 Å². The van der Waals surface area contributed by atoms with Crippen LogP contribution in [0.15, 0.2) is 48.5 Å². The second-order valence-corrected chi connectivity index (χ2v) is 6.49. The van der Waals surface area contributed by atoms with E-state index in [4.69, 9.17) is 4.74 Å². The molecule has 2 aromatic carbocycles. The average Bonchev–Trinajstić information content (AvgIpc) is 3.45. The summed E-state index contributed by atoms with van der Waals surface area (Å²) in [5.74, 6) is -0.495. The number of Topliss-reactive ketones (excluding diaryl/α,β-unsaturated/α-hetero) is 1. The number of ether oxygens (including phenoxy) is 1. The Morgan fingerprint density at radius 3 is 2.22 bits per heavy atom. The lowest BCUT2D eigenvalue weighted by Gasteiger charge is -2.11. The lowest BCUT2D eigenvalue weighted by Crippen LogP contribution is -2.20. The third kappa shape index (κ3) is 4.53. The summed E-state index contributed by atoms with van der Waals surface area (Å²) in [6, 6.07) is 13.9. The maximum Gasteiger partial charge on any atom is 0.228 e. The topological polar surface area (TPSA) is 84.5 Å². The first-order chi connectivity index (χ1) is 13.0. The van der Waals surface area contributed by atoms with Crippen molar-refractivity contribution >= 4 is 29.0 Å². The third-order valence-corrected chi connectivity index (χ3v) is 4.47. The van der Waals surface area contributed by atoms with Gasteiger partial charge < -0.3 is 15.4 Å². The van der Waals surface area contributed by atoms with E-state index in [2.05, 4.69) is 10.6 Å². The Hall–Kier alpha value is -3.15. The lowest BCUT2D eigenvalue weighted by molar-refractivity contribution is -0.122. The second-order valence-electron chi connectivity index (χ2n) is 6.49. The number of carbonyl (C=O) groups is 3. The molecule has 2 amide bonds. The zero-order chi connectivity index (χ0) is 19.4. The van der Waals surface area contributed by atoms with Crippen molar-refractivity contribution in [3.05, 3.63) is 54.1 Å². The van der Waals surface area contributed by atoms with E-state index in [1.54, 1.807) is 36.4 Å². The number of para-hydroxylation sites is 2. The Morgan fingerprint density at radius 1 is 0.963 bits per heavy atom. The van der Waals surface area contributed by atoms with E-state index in [-0.39, 0.29) is 29.4 Å². The fourth-order valence-electron chi connectivity index (χ4n) is 2.87. The van der Waals surface area contributed by atoms with Crippen LogP contribution < -0.4 is 15.4 Å². The van der Waals surface area contributed by atoms with Crippen LogP contribution in [0.1, 0.15) is 30.6 Å². The number of hydrogen-bond acceptors (Lipinski definition) is 4. The number of nitrogens with one attached hydrogen (secondary N) is 2. The molecule has 2 aromatic rings. The highest BCUT2D eigenvalue weighted by atomic mass is 16.5. The van der Waals surface area contributed by atoms with Gasteiger partial charge in [-0.05, 0) is 56.7 Å². The summed E-state index contributed by atoms with van der Waals surface area (Å²) >= 11 is 0. The molecular formula is C21H22N2O4. The first-order valence-corrected chi connectivity index (χ1v) is 8.94.